The van der Waals surface area contributed by atoms with Gasteiger partial charge in [-0.1, -0.05) is 13.0 Å². The number of ether oxygens (including phenoxy) is 1. The lowest BCUT2D eigenvalue weighted by molar-refractivity contribution is 0.0600. The van der Waals surface area contributed by atoms with E-state index in [9.17, 15) is 4.79 Å². The minimum atomic E-state index is -0.0694. The number of aromatic amines is 1. The number of fused-ring (bicyclic) bond motifs is 1. The quantitative estimate of drug-likeness (QED) is 0.438. The molecule has 4 aromatic rings. The Morgan fingerprint density at radius 2 is 2.16 bits per heavy atom. The third kappa shape index (κ3) is 4.04. The molecule has 3 aromatic heterocycles. The van der Waals surface area contributed by atoms with Crippen LogP contribution in [0.2, 0.25) is 0 Å². The fourth-order valence-electron chi connectivity index (χ4n) is 4.27. The van der Waals surface area contributed by atoms with Gasteiger partial charge in [0.05, 0.1) is 19.3 Å². The zero-order valence-electron chi connectivity index (χ0n) is 18.0. The van der Waals surface area contributed by atoms with Crippen molar-refractivity contribution in [3.05, 3.63) is 72.8 Å². The molecule has 3 N–H and O–H groups in total. The highest BCUT2D eigenvalue weighted by molar-refractivity contribution is 6.02. The lowest BCUT2D eigenvalue weighted by atomic mass is 10.0. The Morgan fingerprint density at radius 3 is 2.88 bits per heavy atom. The molecule has 0 bridgehead atoms. The molecule has 0 saturated carbocycles. The minimum absolute atomic E-state index is 0.0302. The van der Waals surface area contributed by atoms with Crippen LogP contribution in [-0.4, -0.2) is 52.3 Å². The third-order valence-electron chi connectivity index (χ3n) is 6.06. The van der Waals surface area contributed by atoms with Crippen LogP contribution in [0.3, 0.4) is 0 Å². The monoisotopic (exact) mass is 429 g/mol. The van der Waals surface area contributed by atoms with Crippen molar-refractivity contribution in [2.45, 2.75) is 25.4 Å². The van der Waals surface area contributed by atoms with Crippen LogP contribution in [0.5, 0.6) is 0 Å². The lowest BCUT2D eigenvalue weighted by Gasteiger charge is -2.31. The molecule has 1 aliphatic heterocycles. The van der Waals surface area contributed by atoms with E-state index in [2.05, 4.69) is 33.6 Å². The molecule has 1 aromatic carbocycles. The summed E-state index contributed by atoms with van der Waals surface area (Å²) >= 11 is 0. The number of hydrogen-bond donors (Lipinski definition) is 3. The Hall–Kier alpha value is -3.42. The van der Waals surface area contributed by atoms with Crippen molar-refractivity contribution in [2.24, 2.45) is 0 Å². The number of morpholine rings is 1. The van der Waals surface area contributed by atoms with E-state index in [-0.39, 0.29) is 18.0 Å². The van der Waals surface area contributed by atoms with Crippen molar-refractivity contribution < 1.29 is 9.53 Å². The van der Waals surface area contributed by atoms with Gasteiger partial charge in [-0.2, -0.15) is 0 Å². The molecule has 0 spiro atoms. The second-order valence-corrected chi connectivity index (χ2v) is 8.08. The summed E-state index contributed by atoms with van der Waals surface area (Å²) in [7, 11) is 0. The Morgan fingerprint density at radius 1 is 1.28 bits per heavy atom. The summed E-state index contributed by atoms with van der Waals surface area (Å²) in [5.41, 5.74) is 3.66. The number of nitrogens with one attached hydrogen (secondary N) is 3. The van der Waals surface area contributed by atoms with Crippen LogP contribution in [0.1, 0.15) is 23.7 Å². The van der Waals surface area contributed by atoms with Gasteiger partial charge in [-0.3, -0.25) is 4.79 Å². The van der Waals surface area contributed by atoms with Crippen molar-refractivity contribution in [1.29, 1.82) is 0 Å². The Labute approximate surface area is 186 Å². The van der Waals surface area contributed by atoms with Gasteiger partial charge in [0.1, 0.15) is 5.82 Å². The molecule has 4 heterocycles. The number of H-pyrrole nitrogens is 1. The number of carbonyl (C=O) groups excluding carboxylic acids is 1. The zero-order chi connectivity index (χ0) is 21.9. The average Bonchev–Trinajstić information content (AvgIpc) is 3.53. The molecular formula is C25H27N5O2. The number of nitrogens with zero attached hydrogens (tertiary/aromatic N) is 2. The molecule has 2 unspecified atom stereocenters. The number of amides is 1. The fraction of sp³-hybridized carbons (Fsp3) is 0.280. The largest absolute Gasteiger partial charge is 0.378 e. The van der Waals surface area contributed by atoms with Gasteiger partial charge in [-0.25, -0.2) is 4.98 Å². The second-order valence-electron chi connectivity index (χ2n) is 8.08. The molecule has 1 fully saturated rings. The molecule has 7 heteroatoms. The summed E-state index contributed by atoms with van der Waals surface area (Å²) in [6.45, 7) is 4.24. The second kappa shape index (κ2) is 8.98. The van der Waals surface area contributed by atoms with Crippen LogP contribution in [0, 0.1) is 0 Å². The van der Waals surface area contributed by atoms with Gasteiger partial charge in [0.15, 0.2) is 0 Å². The first-order valence-corrected chi connectivity index (χ1v) is 11.1. The van der Waals surface area contributed by atoms with Crippen molar-refractivity contribution in [3.8, 4) is 16.9 Å². The van der Waals surface area contributed by atoms with Gasteiger partial charge >= 0.3 is 0 Å². The number of benzene rings is 1. The van der Waals surface area contributed by atoms with E-state index < -0.39 is 0 Å². The lowest BCUT2D eigenvalue weighted by Crippen LogP contribution is -2.55. The summed E-state index contributed by atoms with van der Waals surface area (Å²) in [5, 5.41) is 7.67. The Kier molecular flexibility index (Phi) is 5.75. The van der Waals surface area contributed by atoms with E-state index in [1.807, 2.05) is 65.8 Å². The third-order valence-corrected chi connectivity index (χ3v) is 6.06. The normalized spacial score (nSPS) is 17.3. The number of rotatable bonds is 6. The average molecular weight is 430 g/mol. The maximum atomic E-state index is 12.9. The summed E-state index contributed by atoms with van der Waals surface area (Å²) in [6, 6.07) is 14.0. The van der Waals surface area contributed by atoms with E-state index in [1.54, 1.807) is 0 Å². The van der Waals surface area contributed by atoms with E-state index in [0.717, 1.165) is 47.4 Å². The molecule has 7 nitrogen and oxygen atoms in total. The highest BCUT2D eigenvalue weighted by Gasteiger charge is 2.24. The SMILES string of the molecule is CCC(NC(=O)c1ccc2c(-c3ccc(-n4cccc4)nc3)c[nH]c2c1)C1COCCN1. The number of hydrogen-bond acceptors (Lipinski definition) is 4. The van der Waals surface area contributed by atoms with Crippen molar-refractivity contribution in [3.63, 3.8) is 0 Å². The summed E-state index contributed by atoms with van der Waals surface area (Å²) in [4.78, 5) is 20.8. The Bertz CT molecular complexity index is 1190. The molecule has 5 rings (SSSR count). The highest BCUT2D eigenvalue weighted by Crippen LogP contribution is 2.29. The van der Waals surface area contributed by atoms with Crippen LogP contribution in [-0.2, 0) is 4.74 Å². The molecule has 0 aliphatic carbocycles. The molecule has 1 saturated heterocycles. The smallest absolute Gasteiger partial charge is 0.251 e. The predicted molar refractivity (Wildman–Crippen MR) is 125 cm³/mol. The van der Waals surface area contributed by atoms with Gasteiger partial charge < -0.3 is 24.9 Å². The first kappa shape index (κ1) is 20.5. The number of carbonyl (C=O) groups is 1. The van der Waals surface area contributed by atoms with E-state index in [0.29, 0.717) is 12.2 Å². The molecule has 2 atom stereocenters. The molecule has 1 amide bonds. The van der Waals surface area contributed by atoms with E-state index >= 15 is 0 Å². The van der Waals surface area contributed by atoms with Crippen molar-refractivity contribution in [1.82, 2.24) is 25.2 Å². The van der Waals surface area contributed by atoms with Crippen molar-refractivity contribution >= 4 is 16.8 Å². The maximum absolute atomic E-state index is 12.9. The summed E-state index contributed by atoms with van der Waals surface area (Å²) < 4.78 is 7.53. The molecule has 0 radical (unpaired) electrons. The number of aromatic nitrogens is 3. The fourth-order valence-corrected chi connectivity index (χ4v) is 4.27. The zero-order valence-corrected chi connectivity index (χ0v) is 18.0. The topological polar surface area (TPSA) is 84.0 Å². The van der Waals surface area contributed by atoms with Gasteiger partial charge in [-0.05, 0) is 42.8 Å². The first-order chi connectivity index (χ1) is 15.7. The number of pyridine rings is 1. The molecule has 164 valence electrons. The summed E-state index contributed by atoms with van der Waals surface area (Å²) in [5.74, 6) is 0.806. The van der Waals surface area contributed by atoms with Crippen LogP contribution >= 0.6 is 0 Å². The highest BCUT2D eigenvalue weighted by atomic mass is 16.5. The predicted octanol–water partition coefficient (Wildman–Crippen LogP) is 3.52. The van der Waals surface area contributed by atoms with Gasteiger partial charge in [0.25, 0.3) is 5.91 Å². The van der Waals surface area contributed by atoms with Crippen LogP contribution in [0.15, 0.2) is 67.3 Å². The molecule has 1 aliphatic rings. The van der Waals surface area contributed by atoms with Gasteiger partial charge in [0, 0.05) is 65.0 Å². The molecule has 32 heavy (non-hydrogen) atoms. The minimum Gasteiger partial charge on any atom is -0.378 e. The first-order valence-electron chi connectivity index (χ1n) is 11.1. The van der Waals surface area contributed by atoms with Gasteiger partial charge in [0.2, 0.25) is 0 Å². The van der Waals surface area contributed by atoms with Crippen LogP contribution in [0.4, 0.5) is 0 Å². The summed E-state index contributed by atoms with van der Waals surface area (Å²) in [6.07, 6.45) is 8.63. The molecular weight excluding hydrogens is 402 g/mol. The van der Waals surface area contributed by atoms with Crippen LogP contribution in [0.25, 0.3) is 27.8 Å². The van der Waals surface area contributed by atoms with Crippen molar-refractivity contribution in [2.75, 3.05) is 19.8 Å². The standard InChI is InChI=1S/C25H27N5O2/c1-2-21(23-16-32-12-9-26-23)29-25(31)17-5-7-19-20(15-27-22(19)13-17)18-6-8-24(28-14-18)30-10-3-4-11-30/h3-8,10-11,13-15,21,23,26-27H,2,9,12,16H2,1H3,(H,29,31). The maximum Gasteiger partial charge on any atom is 0.251 e. The van der Waals surface area contributed by atoms with Crippen LogP contribution < -0.4 is 10.6 Å². The van der Waals surface area contributed by atoms with E-state index in [1.165, 1.54) is 0 Å². The Balaban J connectivity index is 1.35. The van der Waals surface area contributed by atoms with Gasteiger partial charge in [-0.15, -0.1) is 0 Å². The van der Waals surface area contributed by atoms with E-state index in [4.69, 9.17) is 4.74 Å².